The van der Waals surface area contributed by atoms with Gasteiger partial charge in [0, 0.05) is 24.8 Å². The van der Waals surface area contributed by atoms with Crippen LogP contribution in [0, 0.1) is 6.92 Å². The molecule has 3 heteroatoms. The third-order valence-corrected chi connectivity index (χ3v) is 3.30. The van der Waals surface area contributed by atoms with Gasteiger partial charge in [-0.3, -0.25) is 9.88 Å². The predicted octanol–water partition coefficient (Wildman–Crippen LogP) is 2.60. The van der Waals surface area contributed by atoms with Gasteiger partial charge in [-0.05, 0) is 39.1 Å². The number of pyridine rings is 1. The van der Waals surface area contributed by atoms with E-state index < -0.39 is 0 Å². The average Bonchev–Trinajstić information content (AvgIpc) is 2.37. The van der Waals surface area contributed by atoms with Crippen LogP contribution in [0.1, 0.15) is 38.1 Å². The number of nitrogens with one attached hydrogen (secondary N) is 1. The first-order chi connectivity index (χ1) is 8.69. The number of aryl methyl sites for hydroxylation is 1. The Morgan fingerprint density at radius 1 is 1.33 bits per heavy atom. The van der Waals surface area contributed by atoms with Crippen molar-refractivity contribution in [3.63, 3.8) is 0 Å². The second kappa shape index (κ2) is 8.22. The molecule has 0 bridgehead atoms. The number of nitrogens with zero attached hydrogens (tertiary/aromatic N) is 2. The van der Waals surface area contributed by atoms with Crippen LogP contribution in [0.4, 0.5) is 0 Å². The first-order valence-electron chi connectivity index (χ1n) is 7.01. The molecule has 0 aliphatic carbocycles. The molecule has 0 saturated carbocycles. The molecule has 0 saturated heterocycles. The van der Waals surface area contributed by atoms with Crippen LogP contribution < -0.4 is 5.32 Å². The first-order valence-corrected chi connectivity index (χ1v) is 7.01. The molecule has 1 atom stereocenters. The van der Waals surface area contributed by atoms with E-state index in [1.807, 2.05) is 13.0 Å². The molecule has 1 aromatic rings. The highest BCUT2D eigenvalue weighted by Crippen LogP contribution is 2.06. The largest absolute Gasteiger partial charge is 0.316 e. The summed E-state index contributed by atoms with van der Waals surface area (Å²) < 4.78 is 0. The van der Waals surface area contributed by atoms with Gasteiger partial charge in [-0.2, -0.15) is 0 Å². The van der Waals surface area contributed by atoms with Gasteiger partial charge in [-0.25, -0.2) is 0 Å². The van der Waals surface area contributed by atoms with E-state index >= 15 is 0 Å². The van der Waals surface area contributed by atoms with Crippen molar-refractivity contribution in [3.05, 3.63) is 29.6 Å². The molecule has 102 valence electrons. The van der Waals surface area contributed by atoms with Crippen LogP contribution in [0.15, 0.2) is 18.2 Å². The van der Waals surface area contributed by atoms with Crippen LogP contribution in [0.5, 0.6) is 0 Å². The van der Waals surface area contributed by atoms with Gasteiger partial charge in [0.25, 0.3) is 0 Å². The zero-order chi connectivity index (χ0) is 13.4. The molecule has 1 unspecified atom stereocenters. The van der Waals surface area contributed by atoms with Crippen molar-refractivity contribution in [3.8, 4) is 0 Å². The van der Waals surface area contributed by atoms with E-state index in [0.717, 1.165) is 25.3 Å². The fraction of sp³-hybridized carbons (Fsp3) is 0.667. The van der Waals surface area contributed by atoms with Crippen LogP contribution in [0.2, 0.25) is 0 Å². The fourth-order valence-electron chi connectivity index (χ4n) is 2.21. The van der Waals surface area contributed by atoms with E-state index in [0.29, 0.717) is 6.04 Å². The Bertz CT molecular complexity index is 338. The molecule has 1 N–H and O–H groups in total. The van der Waals surface area contributed by atoms with Gasteiger partial charge in [-0.15, -0.1) is 0 Å². The summed E-state index contributed by atoms with van der Waals surface area (Å²) in [6.45, 7) is 9.61. The highest BCUT2D eigenvalue weighted by atomic mass is 15.1. The molecule has 0 aliphatic rings. The maximum Gasteiger partial charge on any atom is 0.0547 e. The third-order valence-electron chi connectivity index (χ3n) is 3.30. The van der Waals surface area contributed by atoms with Crippen molar-refractivity contribution in [1.82, 2.24) is 15.2 Å². The van der Waals surface area contributed by atoms with E-state index in [9.17, 15) is 0 Å². The number of aromatic nitrogens is 1. The Kier molecular flexibility index (Phi) is 6.91. The molecular formula is C15H27N3. The normalized spacial score (nSPS) is 12.9. The Labute approximate surface area is 112 Å². The SMILES string of the molecule is CCCC(CN(CC)Cc1cccc(C)n1)NC. The molecule has 0 radical (unpaired) electrons. The van der Waals surface area contributed by atoms with E-state index in [-0.39, 0.29) is 0 Å². The highest BCUT2D eigenvalue weighted by Gasteiger charge is 2.11. The van der Waals surface area contributed by atoms with E-state index in [1.54, 1.807) is 0 Å². The quantitative estimate of drug-likeness (QED) is 0.767. The van der Waals surface area contributed by atoms with Crippen molar-refractivity contribution in [1.29, 1.82) is 0 Å². The Morgan fingerprint density at radius 2 is 2.11 bits per heavy atom. The van der Waals surface area contributed by atoms with Crippen LogP contribution in [-0.4, -0.2) is 36.1 Å². The maximum absolute atomic E-state index is 4.58. The van der Waals surface area contributed by atoms with Crippen molar-refractivity contribution >= 4 is 0 Å². The summed E-state index contributed by atoms with van der Waals surface area (Å²) in [7, 11) is 2.05. The van der Waals surface area contributed by atoms with Gasteiger partial charge in [0.2, 0.25) is 0 Å². The van der Waals surface area contributed by atoms with Crippen molar-refractivity contribution in [2.45, 2.75) is 46.2 Å². The maximum atomic E-state index is 4.58. The van der Waals surface area contributed by atoms with Gasteiger partial charge < -0.3 is 5.32 Å². The minimum Gasteiger partial charge on any atom is -0.316 e. The molecular weight excluding hydrogens is 222 g/mol. The van der Waals surface area contributed by atoms with Crippen LogP contribution in [0.25, 0.3) is 0 Å². The van der Waals surface area contributed by atoms with Gasteiger partial charge in [-0.1, -0.05) is 26.3 Å². The van der Waals surface area contributed by atoms with Crippen LogP contribution in [-0.2, 0) is 6.54 Å². The zero-order valence-corrected chi connectivity index (χ0v) is 12.2. The second-order valence-electron chi connectivity index (χ2n) is 4.87. The molecule has 1 aromatic heterocycles. The Hall–Kier alpha value is -0.930. The molecule has 3 nitrogen and oxygen atoms in total. The lowest BCUT2D eigenvalue weighted by Crippen LogP contribution is -2.39. The zero-order valence-electron chi connectivity index (χ0n) is 12.2. The predicted molar refractivity (Wildman–Crippen MR) is 77.7 cm³/mol. The smallest absolute Gasteiger partial charge is 0.0547 e. The topological polar surface area (TPSA) is 28.2 Å². The van der Waals surface area contributed by atoms with Crippen LogP contribution >= 0.6 is 0 Å². The molecule has 1 heterocycles. The average molecular weight is 249 g/mol. The molecule has 1 rings (SSSR count). The van der Waals surface area contributed by atoms with Crippen molar-refractivity contribution in [2.24, 2.45) is 0 Å². The first kappa shape index (κ1) is 15.1. The summed E-state index contributed by atoms with van der Waals surface area (Å²) in [6.07, 6.45) is 2.46. The highest BCUT2D eigenvalue weighted by molar-refractivity contribution is 5.09. The Balaban J connectivity index is 2.55. The van der Waals surface area contributed by atoms with Gasteiger partial charge in [0.15, 0.2) is 0 Å². The molecule has 18 heavy (non-hydrogen) atoms. The minimum atomic E-state index is 0.583. The van der Waals surface area contributed by atoms with Gasteiger partial charge in [0.1, 0.15) is 0 Å². The number of rotatable bonds is 8. The summed E-state index contributed by atoms with van der Waals surface area (Å²) in [5.74, 6) is 0. The third kappa shape index (κ3) is 5.15. The lowest BCUT2D eigenvalue weighted by atomic mass is 10.1. The van der Waals surface area contributed by atoms with Gasteiger partial charge >= 0.3 is 0 Å². The summed E-state index contributed by atoms with van der Waals surface area (Å²) in [4.78, 5) is 7.03. The molecule has 0 spiro atoms. The van der Waals surface area contributed by atoms with E-state index in [4.69, 9.17) is 0 Å². The van der Waals surface area contributed by atoms with E-state index in [2.05, 4.69) is 48.2 Å². The van der Waals surface area contributed by atoms with Gasteiger partial charge in [0.05, 0.1) is 5.69 Å². The lowest BCUT2D eigenvalue weighted by Gasteiger charge is -2.25. The number of hydrogen-bond donors (Lipinski definition) is 1. The molecule has 0 fully saturated rings. The standard InChI is InChI=1S/C15H27N3/c1-5-8-14(16-4)11-18(6-2)12-15-10-7-9-13(3)17-15/h7,9-10,14,16H,5-6,8,11-12H2,1-4H3. The second-order valence-corrected chi connectivity index (χ2v) is 4.87. The number of hydrogen-bond acceptors (Lipinski definition) is 3. The summed E-state index contributed by atoms with van der Waals surface area (Å²) in [5.41, 5.74) is 2.27. The molecule has 0 amide bonds. The van der Waals surface area contributed by atoms with Crippen molar-refractivity contribution < 1.29 is 0 Å². The summed E-state index contributed by atoms with van der Waals surface area (Å²) in [5, 5.41) is 3.40. The monoisotopic (exact) mass is 249 g/mol. The van der Waals surface area contributed by atoms with Crippen molar-refractivity contribution in [2.75, 3.05) is 20.1 Å². The fourth-order valence-corrected chi connectivity index (χ4v) is 2.21. The number of likely N-dealkylation sites (N-methyl/N-ethyl adjacent to an activating group) is 2. The minimum absolute atomic E-state index is 0.583. The van der Waals surface area contributed by atoms with E-state index in [1.165, 1.54) is 18.5 Å². The Morgan fingerprint density at radius 3 is 2.67 bits per heavy atom. The molecule has 0 aromatic carbocycles. The van der Waals surface area contributed by atoms with Crippen LogP contribution in [0.3, 0.4) is 0 Å². The summed E-state index contributed by atoms with van der Waals surface area (Å²) in [6, 6.07) is 6.84. The molecule has 0 aliphatic heterocycles. The lowest BCUT2D eigenvalue weighted by molar-refractivity contribution is 0.241. The summed E-state index contributed by atoms with van der Waals surface area (Å²) >= 11 is 0.